The number of hydrogen-bond donors (Lipinski definition) is 2. The Morgan fingerprint density at radius 3 is 2.14 bits per heavy atom. The Hall–Kier alpha value is -2.69. The maximum Gasteiger partial charge on any atom is 0.226 e. The molecule has 0 unspecified atom stereocenters. The molecular formula is C17H17FN2O2. The number of anilines is 2. The second kappa shape index (κ2) is 7.36. The molecule has 5 heteroatoms. The summed E-state index contributed by atoms with van der Waals surface area (Å²) >= 11 is 0. The van der Waals surface area contributed by atoms with Crippen LogP contribution in [0, 0.1) is 5.82 Å². The number of carbonyl (C=O) groups is 2. The fourth-order valence-electron chi connectivity index (χ4n) is 1.90. The van der Waals surface area contributed by atoms with Crippen LogP contribution in [0.5, 0.6) is 0 Å². The van der Waals surface area contributed by atoms with E-state index in [0.717, 1.165) is 5.69 Å². The molecular weight excluding hydrogens is 283 g/mol. The Morgan fingerprint density at radius 1 is 0.955 bits per heavy atom. The van der Waals surface area contributed by atoms with Gasteiger partial charge in [0.15, 0.2) is 5.78 Å². The molecule has 2 aromatic rings. The van der Waals surface area contributed by atoms with Gasteiger partial charge in [0, 0.05) is 29.9 Å². The maximum absolute atomic E-state index is 12.7. The molecule has 1 amide bonds. The molecule has 114 valence electrons. The van der Waals surface area contributed by atoms with Crippen molar-refractivity contribution in [2.75, 3.05) is 17.2 Å². The summed E-state index contributed by atoms with van der Waals surface area (Å²) in [6.07, 6.45) is 0.284. The molecule has 0 saturated heterocycles. The van der Waals surface area contributed by atoms with E-state index in [-0.39, 0.29) is 23.9 Å². The third-order valence-electron chi connectivity index (χ3n) is 3.10. The summed E-state index contributed by atoms with van der Waals surface area (Å²) in [6, 6.07) is 12.7. The number of halogens is 1. The first-order chi connectivity index (χ1) is 10.5. The van der Waals surface area contributed by atoms with Crippen molar-refractivity contribution < 1.29 is 14.0 Å². The van der Waals surface area contributed by atoms with Crippen LogP contribution in [0.25, 0.3) is 0 Å². The number of rotatable bonds is 6. The third kappa shape index (κ3) is 4.70. The molecule has 0 fully saturated rings. The molecule has 0 aliphatic carbocycles. The Bertz CT molecular complexity index is 651. The quantitative estimate of drug-likeness (QED) is 0.803. The number of hydrogen-bond acceptors (Lipinski definition) is 3. The average Bonchev–Trinajstić information content (AvgIpc) is 2.50. The van der Waals surface area contributed by atoms with Gasteiger partial charge < -0.3 is 10.6 Å². The van der Waals surface area contributed by atoms with Crippen molar-refractivity contribution in [3.8, 4) is 0 Å². The second-order valence-electron chi connectivity index (χ2n) is 4.87. The predicted molar refractivity (Wildman–Crippen MR) is 84.6 cm³/mol. The molecule has 2 N–H and O–H groups in total. The number of nitrogens with one attached hydrogen (secondary N) is 2. The predicted octanol–water partition coefficient (Wildman–Crippen LogP) is 3.47. The van der Waals surface area contributed by atoms with Crippen LogP contribution in [-0.4, -0.2) is 18.2 Å². The fourth-order valence-corrected chi connectivity index (χ4v) is 1.90. The molecule has 4 nitrogen and oxygen atoms in total. The summed E-state index contributed by atoms with van der Waals surface area (Å²) in [5.41, 5.74) is 2.07. The third-order valence-corrected chi connectivity index (χ3v) is 3.10. The summed E-state index contributed by atoms with van der Waals surface area (Å²) in [5.74, 6) is -0.474. The van der Waals surface area contributed by atoms with Gasteiger partial charge in [-0.1, -0.05) is 0 Å². The van der Waals surface area contributed by atoms with Crippen LogP contribution in [0.1, 0.15) is 23.7 Å². The van der Waals surface area contributed by atoms with Crippen LogP contribution in [0.15, 0.2) is 48.5 Å². The Balaban J connectivity index is 1.77. The van der Waals surface area contributed by atoms with E-state index in [1.807, 2.05) is 0 Å². The first-order valence-corrected chi connectivity index (χ1v) is 6.95. The first kappa shape index (κ1) is 15.7. The normalized spacial score (nSPS) is 10.1. The van der Waals surface area contributed by atoms with Crippen LogP contribution in [-0.2, 0) is 4.79 Å². The van der Waals surface area contributed by atoms with Crippen LogP contribution < -0.4 is 10.6 Å². The van der Waals surface area contributed by atoms with Crippen LogP contribution >= 0.6 is 0 Å². The van der Waals surface area contributed by atoms with Crippen molar-refractivity contribution in [1.82, 2.24) is 0 Å². The molecule has 0 bridgehead atoms. The molecule has 0 aromatic heterocycles. The summed E-state index contributed by atoms with van der Waals surface area (Å²) in [4.78, 5) is 22.9. The van der Waals surface area contributed by atoms with Crippen LogP contribution in [0.3, 0.4) is 0 Å². The SMILES string of the molecule is CC(=O)c1ccc(NCCC(=O)Nc2ccc(F)cc2)cc1. The molecule has 0 radical (unpaired) electrons. The minimum absolute atomic E-state index is 0.0187. The second-order valence-corrected chi connectivity index (χ2v) is 4.87. The highest BCUT2D eigenvalue weighted by atomic mass is 19.1. The summed E-state index contributed by atoms with van der Waals surface area (Å²) in [6.45, 7) is 1.98. The van der Waals surface area contributed by atoms with Crippen molar-refractivity contribution in [2.24, 2.45) is 0 Å². The van der Waals surface area contributed by atoms with E-state index >= 15 is 0 Å². The van der Waals surface area contributed by atoms with E-state index in [4.69, 9.17) is 0 Å². The molecule has 2 rings (SSSR count). The number of amides is 1. The van der Waals surface area contributed by atoms with E-state index in [1.165, 1.54) is 31.2 Å². The topological polar surface area (TPSA) is 58.2 Å². The monoisotopic (exact) mass is 300 g/mol. The Kier molecular flexibility index (Phi) is 5.25. The zero-order valence-electron chi connectivity index (χ0n) is 12.2. The van der Waals surface area contributed by atoms with Gasteiger partial charge in [0.2, 0.25) is 5.91 Å². The molecule has 0 aliphatic heterocycles. The van der Waals surface area contributed by atoms with E-state index in [9.17, 15) is 14.0 Å². The van der Waals surface area contributed by atoms with Crippen molar-refractivity contribution in [3.05, 3.63) is 59.9 Å². The Labute approximate surface area is 128 Å². The van der Waals surface area contributed by atoms with Gasteiger partial charge in [0.05, 0.1) is 0 Å². The van der Waals surface area contributed by atoms with E-state index < -0.39 is 0 Å². The van der Waals surface area contributed by atoms with Crippen molar-refractivity contribution >= 4 is 23.1 Å². The van der Waals surface area contributed by atoms with Gasteiger partial charge in [0.25, 0.3) is 0 Å². The molecule has 0 saturated carbocycles. The van der Waals surface area contributed by atoms with E-state index in [0.29, 0.717) is 17.8 Å². The van der Waals surface area contributed by atoms with E-state index in [2.05, 4.69) is 10.6 Å². The van der Waals surface area contributed by atoms with Gasteiger partial charge in [-0.15, -0.1) is 0 Å². The summed E-state index contributed by atoms with van der Waals surface area (Å²) in [5, 5.41) is 5.79. The summed E-state index contributed by atoms with van der Waals surface area (Å²) in [7, 11) is 0. The van der Waals surface area contributed by atoms with Gasteiger partial charge in [-0.2, -0.15) is 0 Å². The standard InChI is InChI=1S/C17H17FN2O2/c1-12(21)13-2-6-15(7-3-13)19-11-10-17(22)20-16-8-4-14(18)5-9-16/h2-9,19H,10-11H2,1H3,(H,20,22). The smallest absolute Gasteiger partial charge is 0.226 e. The van der Waals surface area contributed by atoms with Gasteiger partial charge in [-0.25, -0.2) is 4.39 Å². The van der Waals surface area contributed by atoms with Gasteiger partial charge in [0.1, 0.15) is 5.82 Å². The first-order valence-electron chi connectivity index (χ1n) is 6.95. The van der Waals surface area contributed by atoms with Crippen molar-refractivity contribution in [1.29, 1.82) is 0 Å². The van der Waals surface area contributed by atoms with Crippen molar-refractivity contribution in [3.63, 3.8) is 0 Å². The fraction of sp³-hybridized carbons (Fsp3) is 0.176. The Morgan fingerprint density at radius 2 is 1.55 bits per heavy atom. The number of carbonyl (C=O) groups excluding carboxylic acids is 2. The minimum atomic E-state index is -0.339. The maximum atomic E-state index is 12.7. The lowest BCUT2D eigenvalue weighted by atomic mass is 10.1. The zero-order valence-corrected chi connectivity index (χ0v) is 12.2. The largest absolute Gasteiger partial charge is 0.385 e. The highest BCUT2D eigenvalue weighted by molar-refractivity contribution is 5.94. The molecule has 0 atom stereocenters. The zero-order chi connectivity index (χ0) is 15.9. The number of Topliss-reactive ketones (excluding diaryl/α,β-unsaturated/α-hetero) is 1. The average molecular weight is 300 g/mol. The van der Waals surface area contributed by atoms with Gasteiger partial charge in [-0.3, -0.25) is 9.59 Å². The van der Waals surface area contributed by atoms with Crippen LogP contribution in [0.2, 0.25) is 0 Å². The molecule has 0 heterocycles. The molecule has 22 heavy (non-hydrogen) atoms. The molecule has 0 aliphatic rings. The number of benzene rings is 2. The van der Waals surface area contributed by atoms with Gasteiger partial charge in [-0.05, 0) is 55.5 Å². The molecule has 2 aromatic carbocycles. The summed E-state index contributed by atoms with van der Waals surface area (Å²) < 4.78 is 12.7. The lowest BCUT2D eigenvalue weighted by Gasteiger charge is -2.08. The minimum Gasteiger partial charge on any atom is -0.385 e. The number of ketones is 1. The highest BCUT2D eigenvalue weighted by Crippen LogP contribution is 2.11. The highest BCUT2D eigenvalue weighted by Gasteiger charge is 2.03. The molecule has 0 spiro atoms. The lowest BCUT2D eigenvalue weighted by Crippen LogP contribution is -2.16. The van der Waals surface area contributed by atoms with Gasteiger partial charge >= 0.3 is 0 Å². The van der Waals surface area contributed by atoms with E-state index in [1.54, 1.807) is 24.3 Å². The van der Waals surface area contributed by atoms with Crippen LogP contribution in [0.4, 0.5) is 15.8 Å². The lowest BCUT2D eigenvalue weighted by molar-refractivity contribution is -0.115. The van der Waals surface area contributed by atoms with Crippen molar-refractivity contribution in [2.45, 2.75) is 13.3 Å².